The number of nitriles is 1. The van der Waals surface area contributed by atoms with Gasteiger partial charge in [0.25, 0.3) is 0 Å². The summed E-state index contributed by atoms with van der Waals surface area (Å²) in [6.45, 7) is 10.5. The van der Waals surface area contributed by atoms with E-state index in [9.17, 15) is 0 Å². The summed E-state index contributed by atoms with van der Waals surface area (Å²) >= 11 is 0. The van der Waals surface area contributed by atoms with Gasteiger partial charge >= 0.3 is 0 Å². The Bertz CT molecular complexity index is 216. The number of nitrogens with zero attached hydrogens (tertiary/aromatic N) is 1. The van der Waals surface area contributed by atoms with Crippen LogP contribution in [0.25, 0.3) is 0 Å². The van der Waals surface area contributed by atoms with E-state index in [4.69, 9.17) is 5.26 Å². The molecule has 13 heavy (non-hydrogen) atoms. The molecule has 0 saturated carbocycles. The number of hydrogen-bond donors (Lipinski definition) is 0. The SMILES string of the molecule is CC(C)=CCC[C@@](C)(C#N)C(C)C. The summed E-state index contributed by atoms with van der Waals surface area (Å²) in [6, 6.07) is 2.42. The van der Waals surface area contributed by atoms with Gasteiger partial charge in [-0.05, 0) is 39.5 Å². The molecule has 0 aliphatic carbocycles. The van der Waals surface area contributed by atoms with Crippen LogP contribution in [0, 0.1) is 22.7 Å². The highest BCUT2D eigenvalue weighted by atomic mass is 14.4. The van der Waals surface area contributed by atoms with Crippen LogP contribution >= 0.6 is 0 Å². The topological polar surface area (TPSA) is 23.8 Å². The van der Waals surface area contributed by atoms with Gasteiger partial charge in [0.1, 0.15) is 0 Å². The van der Waals surface area contributed by atoms with E-state index in [0.29, 0.717) is 5.92 Å². The molecule has 0 amide bonds. The summed E-state index contributed by atoms with van der Waals surface area (Å²) in [7, 11) is 0. The largest absolute Gasteiger partial charge is 0.198 e. The summed E-state index contributed by atoms with van der Waals surface area (Å²) in [6.07, 6.45) is 4.19. The smallest absolute Gasteiger partial charge is 0.0689 e. The fourth-order valence-electron chi connectivity index (χ4n) is 1.13. The van der Waals surface area contributed by atoms with Crippen LogP contribution in [0.1, 0.15) is 47.5 Å². The third-order valence-corrected chi connectivity index (χ3v) is 2.75. The molecule has 0 aromatic carbocycles. The normalized spacial score (nSPS) is 14.8. The van der Waals surface area contributed by atoms with Gasteiger partial charge in [-0.3, -0.25) is 0 Å². The van der Waals surface area contributed by atoms with Crippen LogP contribution in [0.15, 0.2) is 11.6 Å². The molecule has 0 aliphatic rings. The summed E-state index contributed by atoms with van der Waals surface area (Å²) < 4.78 is 0. The number of rotatable bonds is 4. The molecule has 0 radical (unpaired) electrons. The molecule has 0 N–H and O–H groups in total. The van der Waals surface area contributed by atoms with Crippen LogP contribution in [0.3, 0.4) is 0 Å². The Kier molecular flexibility index (Phi) is 4.77. The minimum Gasteiger partial charge on any atom is -0.198 e. The van der Waals surface area contributed by atoms with Crippen molar-refractivity contribution in [3.05, 3.63) is 11.6 Å². The van der Waals surface area contributed by atoms with E-state index in [0.717, 1.165) is 12.8 Å². The van der Waals surface area contributed by atoms with Gasteiger partial charge in [0.15, 0.2) is 0 Å². The molecule has 0 aromatic rings. The Morgan fingerprint density at radius 2 is 2.00 bits per heavy atom. The van der Waals surface area contributed by atoms with Gasteiger partial charge in [-0.1, -0.05) is 25.5 Å². The van der Waals surface area contributed by atoms with E-state index in [-0.39, 0.29) is 5.41 Å². The lowest BCUT2D eigenvalue weighted by molar-refractivity contribution is 0.288. The highest BCUT2D eigenvalue weighted by Crippen LogP contribution is 2.31. The Hall–Kier alpha value is -0.770. The molecule has 1 atom stereocenters. The van der Waals surface area contributed by atoms with Crippen molar-refractivity contribution in [3.63, 3.8) is 0 Å². The molecule has 74 valence electrons. The molecular weight excluding hydrogens is 158 g/mol. The highest BCUT2D eigenvalue weighted by molar-refractivity contribution is 5.01. The van der Waals surface area contributed by atoms with Crippen molar-refractivity contribution in [2.75, 3.05) is 0 Å². The van der Waals surface area contributed by atoms with Crippen LogP contribution in [-0.2, 0) is 0 Å². The minimum atomic E-state index is -0.161. The highest BCUT2D eigenvalue weighted by Gasteiger charge is 2.26. The maximum absolute atomic E-state index is 9.05. The molecule has 0 unspecified atom stereocenters. The third kappa shape index (κ3) is 4.12. The van der Waals surface area contributed by atoms with Crippen molar-refractivity contribution in [2.45, 2.75) is 47.5 Å². The first-order chi connectivity index (χ1) is 5.92. The van der Waals surface area contributed by atoms with Crippen LogP contribution in [0.5, 0.6) is 0 Å². The van der Waals surface area contributed by atoms with Crippen molar-refractivity contribution < 1.29 is 0 Å². The molecule has 0 aliphatic heterocycles. The molecule has 1 nitrogen and oxygen atoms in total. The quantitative estimate of drug-likeness (QED) is 0.600. The molecule has 1 heteroatoms. The van der Waals surface area contributed by atoms with Crippen molar-refractivity contribution in [2.24, 2.45) is 11.3 Å². The molecule has 0 saturated heterocycles. The van der Waals surface area contributed by atoms with Crippen molar-refractivity contribution in [1.82, 2.24) is 0 Å². The monoisotopic (exact) mass is 179 g/mol. The number of allylic oxidation sites excluding steroid dienone is 2. The molecular formula is C12H21N. The van der Waals surface area contributed by atoms with Gasteiger partial charge in [-0.15, -0.1) is 0 Å². The van der Waals surface area contributed by atoms with Crippen molar-refractivity contribution >= 4 is 0 Å². The molecule has 0 fully saturated rings. The third-order valence-electron chi connectivity index (χ3n) is 2.75. The average Bonchev–Trinajstić information content (AvgIpc) is 2.03. The molecule has 0 spiro atoms. The zero-order valence-electron chi connectivity index (χ0n) is 9.52. The first-order valence-electron chi connectivity index (χ1n) is 4.97. The van der Waals surface area contributed by atoms with Crippen molar-refractivity contribution in [3.8, 4) is 6.07 Å². The fourth-order valence-corrected chi connectivity index (χ4v) is 1.13. The standard InChI is InChI=1S/C12H21N/c1-10(2)7-6-8-12(5,9-13)11(3)4/h7,11H,6,8H2,1-5H3/t12-/m0/s1. The second-order valence-electron chi connectivity index (χ2n) is 4.50. The number of hydrogen-bond acceptors (Lipinski definition) is 1. The zero-order valence-corrected chi connectivity index (χ0v) is 9.52. The maximum Gasteiger partial charge on any atom is 0.0689 e. The first-order valence-corrected chi connectivity index (χ1v) is 4.97. The van der Waals surface area contributed by atoms with E-state index in [2.05, 4.69) is 46.8 Å². The van der Waals surface area contributed by atoms with Crippen LogP contribution < -0.4 is 0 Å². The van der Waals surface area contributed by atoms with E-state index in [1.165, 1.54) is 5.57 Å². The molecule has 0 rings (SSSR count). The first kappa shape index (κ1) is 12.2. The molecule has 0 bridgehead atoms. The Morgan fingerprint density at radius 1 is 1.46 bits per heavy atom. The lowest BCUT2D eigenvalue weighted by Crippen LogP contribution is -2.20. The summed E-state index contributed by atoms with van der Waals surface area (Å²) in [5.41, 5.74) is 1.18. The van der Waals surface area contributed by atoms with Crippen LogP contribution in [-0.4, -0.2) is 0 Å². The van der Waals surface area contributed by atoms with Crippen LogP contribution in [0.4, 0.5) is 0 Å². The Labute approximate surface area is 82.5 Å². The van der Waals surface area contributed by atoms with E-state index < -0.39 is 0 Å². The summed E-state index contributed by atoms with van der Waals surface area (Å²) in [5.74, 6) is 0.433. The van der Waals surface area contributed by atoms with E-state index >= 15 is 0 Å². The predicted octanol–water partition coefficient (Wildman–Crippen LogP) is 3.92. The second kappa shape index (κ2) is 5.07. The molecule has 0 aromatic heterocycles. The summed E-state index contributed by atoms with van der Waals surface area (Å²) in [4.78, 5) is 0. The Morgan fingerprint density at radius 3 is 2.31 bits per heavy atom. The maximum atomic E-state index is 9.05. The van der Waals surface area contributed by atoms with Crippen LogP contribution in [0.2, 0.25) is 0 Å². The van der Waals surface area contributed by atoms with Gasteiger partial charge in [-0.2, -0.15) is 5.26 Å². The van der Waals surface area contributed by atoms with E-state index in [1.54, 1.807) is 0 Å². The average molecular weight is 179 g/mol. The van der Waals surface area contributed by atoms with E-state index in [1.807, 2.05) is 0 Å². The summed E-state index contributed by atoms with van der Waals surface area (Å²) in [5, 5.41) is 9.05. The minimum absolute atomic E-state index is 0.161. The van der Waals surface area contributed by atoms with Gasteiger partial charge in [0, 0.05) is 0 Å². The van der Waals surface area contributed by atoms with Gasteiger partial charge in [0.05, 0.1) is 11.5 Å². The van der Waals surface area contributed by atoms with Gasteiger partial charge in [-0.25, -0.2) is 0 Å². The lowest BCUT2D eigenvalue weighted by atomic mass is 9.77. The lowest BCUT2D eigenvalue weighted by Gasteiger charge is -2.25. The zero-order chi connectivity index (χ0) is 10.5. The fraction of sp³-hybridized carbons (Fsp3) is 0.750. The van der Waals surface area contributed by atoms with Gasteiger partial charge < -0.3 is 0 Å². The predicted molar refractivity (Wildman–Crippen MR) is 57.2 cm³/mol. The molecule has 0 heterocycles. The second-order valence-corrected chi connectivity index (χ2v) is 4.50. The van der Waals surface area contributed by atoms with Gasteiger partial charge in [0.2, 0.25) is 0 Å². The van der Waals surface area contributed by atoms with Crippen molar-refractivity contribution in [1.29, 1.82) is 5.26 Å². The Balaban J connectivity index is 4.17.